The lowest BCUT2D eigenvalue weighted by molar-refractivity contribution is -0.386. The third-order valence-electron chi connectivity index (χ3n) is 9.92. The number of nitrogens with one attached hydrogen (secondary N) is 1. The number of aryl methyl sites for hydroxylation is 1. The highest BCUT2D eigenvalue weighted by molar-refractivity contribution is 5.50. The third-order valence-corrected chi connectivity index (χ3v) is 9.92. The van der Waals surface area contributed by atoms with Crippen LogP contribution < -0.4 is 20.7 Å². The van der Waals surface area contributed by atoms with Gasteiger partial charge in [0.25, 0.3) is 11.2 Å². The first kappa shape index (κ1) is 40.4. The molecule has 296 valence electrons. The number of aromatic nitrogens is 2. The highest BCUT2D eigenvalue weighted by Crippen LogP contribution is 2.43. The van der Waals surface area contributed by atoms with Crippen molar-refractivity contribution >= 4 is 5.69 Å². The van der Waals surface area contributed by atoms with Crippen molar-refractivity contribution in [3.8, 4) is 11.5 Å². The smallest absolute Gasteiger partial charge is 0.330 e. The van der Waals surface area contributed by atoms with Crippen LogP contribution in [0.2, 0.25) is 0 Å². The van der Waals surface area contributed by atoms with Gasteiger partial charge in [-0.1, -0.05) is 65.8 Å². The molecule has 57 heavy (non-hydrogen) atoms. The second-order valence-corrected chi connectivity index (χ2v) is 13.3. The van der Waals surface area contributed by atoms with E-state index >= 15 is 0 Å². The molecule has 16 nitrogen and oxygen atoms in total. The second-order valence-electron chi connectivity index (χ2n) is 13.3. The van der Waals surface area contributed by atoms with Crippen molar-refractivity contribution in [1.82, 2.24) is 9.55 Å². The predicted octanol–water partition coefficient (Wildman–Crippen LogP) is 7.00. The standard InChI is InChI=1S/C41H42N6O10/c1-26-23-46(40(49)44-39(26)48)38-21-36(55-25-54-27(2)34-20-28(22-43-45-42)10-19-35(34)47(50)51)37(57-38)24-56-41(29-8-6-5-7-9-29,30-11-15-32(52-3)16-12-30)31-13-17-33(53-4)18-14-31/h5-20,23,27,36-38H,21-22,24-25H2,1-4H3,(H,44,48,49)/t27?,36-,37+,38+/m0/s1. The number of nitro benzene ring substituents is 1. The zero-order valence-corrected chi connectivity index (χ0v) is 31.8. The minimum atomic E-state index is -1.19. The lowest BCUT2D eigenvalue weighted by Crippen LogP contribution is -2.39. The largest absolute Gasteiger partial charge is 0.497 e. The van der Waals surface area contributed by atoms with Gasteiger partial charge in [0, 0.05) is 29.2 Å². The Balaban J connectivity index is 1.34. The number of azide groups is 1. The van der Waals surface area contributed by atoms with Crippen LogP contribution in [0.15, 0.2) is 118 Å². The van der Waals surface area contributed by atoms with Crippen molar-refractivity contribution < 1.29 is 33.3 Å². The Bertz CT molecular complexity index is 2280. The lowest BCUT2D eigenvalue weighted by Gasteiger charge is -2.37. The number of ether oxygens (including phenoxy) is 6. The van der Waals surface area contributed by atoms with Crippen LogP contribution in [-0.4, -0.2) is 54.3 Å². The van der Waals surface area contributed by atoms with E-state index in [9.17, 15) is 19.7 Å². The van der Waals surface area contributed by atoms with Crippen LogP contribution in [-0.2, 0) is 31.1 Å². The molecule has 1 aliphatic rings. The summed E-state index contributed by atoms with van der Waals surface area (Å²) < 4.78 is 38.2. The van der Waals surface area contributed by atoms with Gasteiger partial charge in [0.05, 0.1) is 50.1 Å². The second kappa shape index (κ2) is 18.1. The number of methoxy groups -OCH3 is 2. The van der Waals surface area contributed by atoms with E-state index in [2.05, 4.69) is 15.0 Å². The van der Waals surface area contributed by atoms with Crippen molar-refractivity contribution in [2.75, 3.05) is 27.6 Å². The molecular formula is C41H42N6O10. The molecule has 0 saturated carbocycles. The van der Waals surface area contributed by atoms with Crippen molar-refractivity contribution in [3.63, 3.8) is 0 Å². The molecule has 16 heteroatoms. The van der Waals surface area contributed by atoms with Gasteiger partial charge in [-0.05, 0) is 72.0 Å². The molecule has 4 atom stereocenters. The van der Waals surface area contributed by atoms with E-state index in [1.165, 1.54) is 22.9 Å². The molecule has 1 N–H and O–H groups in total. The zero-order valence-electron chi connectivity index (χ0n) is 31.8. The van der Waals surface area contributed by atoms with E-state index in [1.54, 1.807) is 34.1 Å². The first-order valence-corrected chi connectivity index (χ1v) is 18.0. The van der Waals surface area contributed by atoms with Crippen LogP contribution in [0, 0.1) is 17.0 Å². The Morgan fingerprint density at radius 3 is 2.21 bits per heavy atom. The number of rotatable bonds is 17. The van der Waals surface area contributed by atoms with Gasteiger partial charge in [0.1, 0.15) is 36.2 Å². The maximum Gasteiger partial charge on any atom is 0.330 e. The summed E-state index contributed by atoms with van der Waals surface area (Å²) in [7, 11) is 3.19. The summed E-state index contributed by atoms with van der Waals surface area (Å²) in [6, 6.07) is 29.3. The molecule has 4 aromatic carbocycles. The number of hydrogen-bond acceptors (Lipinski definition) is 11. The normalized spacial score (nSPS) is 17.1. The summed E-state index contributed by atoms with van der Waals surface area (Å²) in [5.41, 5.74) is 9.83. The summed E-state index contributed by atoms with van der Waals surface area (Å²) in [6.45, 7) is 2.89. The number of nitrogens with zero attached hydrogens (tertiary/aromatic N) is 5. The minimum absolute atomic E-state index is 0.00825. The molecule has 0 bridgehead atoms. The van der Waals surface area contributed by atoms with Crippen molar-refractivity contribution in [1.29, 1.82) is 0 Å². The van der Waals surface area contributed by atoms with E-state index in [-0.39, 0.29) is 37.6 Å². The summed E-state index contributed by atoms with van der Waals surface area (Å²) in [5.74, 6) is 1.32. The molecule has 1 aromatic heterocycles. The molecule has 6 rings (SSSR count). The highest BCUT2D eigenvalue weighted by atomic mass is 16.7. The zero-order chi connectivity index (χ0) is 40.5. The van der Waals surface area contributed by atoms with Crippen LogP contribution >= 0.6 is 0 Å². The van der Waals surface area contributed by atoms with E-state index in [1.807, 2.05) is 78.9 Å². The van der Waals surface area contributed by atoms with Crippen LogP contribution in [0.5, 0.6) is 11.5 Å². The number of hydrogen-bond donors (Lipinski definition) is 1. The molecule has 0 amide bonds. The van der Waals surface area contributed by atoms with Crippen molar-refractivity contribution in [2.45, 2.75) is 57.0 Å². The highest BCUT2D eigenvalue weighted by Gasteiger charge is 2.43. The number of aromatic amines is 1. The molecule has 0 spiro atoms. The number of H-pyrrole nitrogens is 1. The quantitative estimate of drug-likeness (QED) is 0.0195. The molecule has 0 radical (unpaired) electrons. The van der Waals surface area contributed by atoms with Gasteiger partial charge < -0.3 is 28.4 Å². The lowest BCUT2D eigenvalue weighted by atomic mass is 9.80. The van der Waals surface area contributed by atoms with Gasteiger partial charge in [-0.25, -0.2) is 4.79 Å². The average Bonchev–Trinajstić information content (AvgIpc) is 3.64. The SMILES string of the molecule is COc1ccc(C(OC[C@H]2O[C@@H](n3cc(C)c(=O)[nH]c3=O)C[C@@H]2OCOC(C)c2cc(CN=[N+]=[N-])ccc2[N+](=O)[O-])(c2ccccc2)c2ccc(OC)cc2)cc1. The summed E-state index contributed by atoms with van der Waals surface area (Å²) in [6.07, 6.45) is -1.54. The summed E-state index contributed by atoms with van der Waals surface area (Å²) in [5, 5.41) is 15.4. The Labute approximate surface area is 327 Å². The molecule has 0 aliphatic carbocycles. The number of nitro groups is 1. The van der Waals surface area contributed by atoms with E-state index in [4.69, 9.17) is 34.0 Å². The van der Waals surface area contributed by atoms with Crippen molar-refractivity contribution in [3.05, 3.63) is 178 Å². The molecule has 1 fully saturated rings. The van der Waals surface area contributed by atoms with Crippen LogP contribution in [0.1, 0.15) is 59.1 Å². The van der Waals surface area contributed by atoms with Gasteiger partial charge in [0.2, 0.25) is 0 Å². The molecule has 2 heterocycles. The van der Waals surface area contributed by atoms with Crippen LogP contribution in [0.3, 0.4) is 0 Å². The summed E-state index contributed by atoms with van der Waals surface area (Å²) >= 11 is 0. The fourth-order valence-corrected chi connectivity index (χ4v) is 6.90. The fourth-order valence-electron chi connectivity index (χ4n) is 6.90. The molecular weight excluding hydrogens is 736 g/mol. The van der Waals surface area contributed by atoms with E-state index in [0.29, 0.717) is 22.6 Å². The average molecular weight is 779 g/mol. The van der Waals surface area contributed by atoms with Crippen molar-refractivity contribution in [2.24, 2.45) is 5.11 Å². The van der Waals surface area contributed by atoms with Gasteiger partial charge in [-0.15, -0.1) is 0 Å². The Kier molecular flexibility index (Phi) is 12.8. The molecule has 1 saturated heterocycles. The number of benzene rings is 4. The third kappa shape index (κ3) is 8.91. The monoisotopic (exact) mass is 778 g/mol. The van der Waals surface area contributed by atoms with E-state index in [0.717, 1.165) is 16.7 Å². The Morgan fingerprint density at radius 1 is 0.982 bits per heavy atom. The molecule has 1 unspecified atom stereocenters. The first-order chi connectivity index (χ1) is 27.6. The minimum Gasteiger partial charge on any atom is -0.497 e. The molecule has 5 aromatic rings. The Morgan fingerprint density at radius 2 is 1.61 bits per heavy atom. The molecule has 1 aliphatic heterocycles. The van der Waals surface area contributed by atoms with Gasteiger partial charge >= 0.3 is 5.69 Å². The van der Waals surface area contributed by atoms with Crippen LogP contribution in [0.25, 0.3) is 10.4 Å². The first-order valence-electron chi connectivity index (χ1n) is 18.0. The van der Waals surface area contributed by atoms with Gasteiger partial charge in [-0.3, -0.25) is 24.5 Å². The summed E-state index contributed by atoms with van der Waals surface area (Å²) in [4.78, 5) is 41.8. The Hall–Kier alpha value is -6.29. The van der Waals surface area contributed by atoms with Gasteiger partial charge in [0.15, 0.2) is 0 Å². The topological polar surface area (TPSA) is 202 Å². The van der Waals surface area contributed by atoms with E-state index < -0.39 is 46.3 Å². The maximum absolute atomic E-state index is 13.0. The maximum atomic E-state index is 13.0. The predicted molar refractivity (Wildman–Crippen MR) is 208 cm³/mol. The fraction of sp³-hybridized carbons (Fsp3) is 0.317. The van der Waals surface area contributed by atoms with Gasteiger partial charge in [-0.2, -0.15) is 0 Å². The van der Waals surface area contributed by atoms with Crippen LogP contribution in [0.4, 0.5) is 5.69 Å².